The third kappa shape index (κ3) is 2.67. The van der Waals surface area contributed by atoms with Crippen molar-refractivity contribution in [3.8, 4) is 16.9 Å². The van der Waals surface area contributed by atoms with Gasteiger partial charge in [0, 0.05) is 11.8 Å². The molecule has 0 aliphatic heterocycles. The Morgan fingerprint density at radius 3 is 2.62 bits per heavy atom. The van der Waals surface area contributed by atoms with Gasteiger partial charge in [-0.1, -0.05) is 23.8 Å². The number of aromatic nitrogens is 3. The van der Waals surface area contributed by atoms with Crippen LogP contribution in [0.1, 0.15) is 16.1 Å². The summed E-state index contributed by atoms with van der Waals surface area (Å²) < 4.78 is 1.74. The molecule has 0 radical (unpaired) electrons. The van der Waals surface area contributed by atoms with E-state index in [1.54, 1.807) is 23.0 Å². The number of hydrogen-bond donors (Lipinski definition) is 1. The van der Waals surface area contributed by atoms with Crippen LogP contribution in [0.5, 0.6) is 0 Å². The summed E-state index contributed by atoms with van der Waals surface area (Å²) in [7, 11) is 0. The SMILES string of the molecule is Cc1ccc(-n2cc(-c3cccc(C(=O)O)n3)cn2)cc1. The molecular formula is C16H13N3O2. The molecule has 0 aliphatic carbocycles. The third-order valence-corrected chi connectivity index (χ3v) is 3.15. The zero-order valence-electron chi connectivity index (χ0n) is 11.4. The lowest BCUT2D eigenvalue weighted by Crippen LogP contribution is -2.00. The average Bonchev–Trinajstić information content (AvgIpc) is 2.98. The van der Waals surface area contributed by atoms with Crippen molar-refractivity contribution in [2.45, 2.75) is 6.92 Å². The maximum Gasteiger partial charge on any atom is 0.354 e. The average molecular weight is 279 g/mol. The van der Waals surface area contributed by atoms with E-state index in [0.717, 1.165) is 11.3 Å². The Morgan fingerprint density at radius 1 is 1.14 bits per heavy atom. The molecule has 1 N–H and O–H groups in total. The highest BCUT2D eigenvalue weighted by molar-refractivity contribution is 5.86. The van der Waals surface area contributed by atoms with Crippen molar-refractivity contribution in [3.63, 3.8) is 0 Å². The second-order valence-electron chi connectivity index (χ2n) is 4.72. The molecule has 3 rings (SSSR count). The van der Waals surface area contributed by atoms with Gasteiger partial charge in [-0.15, -0.1) is 0 Å². The summed E-state index contributed by atoms with van der Waals surface area (Å²) in [4.78, 5) is 15.1. The molecule has 0 bridgehead atoms. The maximum atomic E-state index is 11.0. The molecule has 0 amide bonds. The minimum Gasteiger partial charge on any atom is -0.477 e. The van der Waals surface area contributed by atoms with Crippen LogP contribution in [-0.4, -0.2) is 25.8 Å². The molecule has 3 aromatic rings. The summed E-state index contributed by atoms with van der Waals surface area (Å²) in [6, 6.07) is 12.9. The minimum atomic E-state index is -1.04. The van der Waals surface area contributed by atoms with Crippen molar-refractivity contribution in [3.05, 3.63) is 66.1 Å². The molecule has 5 nitrogen and oxygen atoms in total. The van der Waals surface area contributed by atoms with Crippen LogP contribution < -0.4 is 0 Å². The van der Waals surface area contributed by atoms with E-state index >= 15 is 0 Å². The van der Waals surface area contributed by atoms with Crippen molar-refractivity contribution in [2.24, 2.45) is 0 Å². The standard InChI is InChI=1S/C16H13N3O2/c1-11-5-7-13(8-6-11)19-10-12(9-17-19)14-3-2-4-15(18-14)16(20)21/h2-10H,1H3,(H,20,21). The number of pyridine rings is 1. The van der Waals surface area contributed by atoms with Crippen LogP contribution in [0, 0.1) is 6.92 Å². The molecule has 0 saturated carbocycles. The van der Waals surface area contributed by atoms with Crippen LogP contribution in [0.25, 0.3) is 16.9 Å². The predicted octanol–water partition coefficient (Wildman–Crippen LogP) is 2.94. The second-order valence-corrected chi connectivity index (χ2v) is 4.72. The van der Waals surface area contributed by atoms with Gasteiger partial charge in [0.15, 0.2) is 0 Å². The van der Waals surface area contributed by atoms with Crippen LogP contribution in [0.15, 0.2) is 54.9 Å². The first kappa shape index (κ1) is 13.1. The normalized spacial score (nSPS) is 10.5. The lowest BCUT2D eigenvalue weighted by Gasteiger charge is -2.01. The zero-order chi connectivity index (χ0) is 14.8. The number of rotatable bonds is 3. The molecule has 104 valence electrons. The van der Waals surface area contributed by atoms with Gasteiger partial charge in [0.05, 0.1) is 17.6 Å². The minimum absolute atomic E-state index is 0.0237. The van der Waals surface area contributed by atoms with E-state index in [-0.39, 0.29) is 5.69 Å². The first-order chi connectivity index (χ1) is 10.1. The molecule has 0 atom stereocenters. The highest BCUT2D eigenvalue weighted by atomic mass is 16.4. The number of aryl methyl sites for hydroxylation is 1. The maximum absolute atomic E-state index is 11.0. The number of nitrogens with zero attached hydrogens (tertiary/aromatic N) is 3. The van der Waals surface area contributed by atoms with Gasteiger partial charge in [0.1, 0.15) is 5.69 Å². The van der Waals surface area contributed by atoms with E-state index in [0.29, 0.717) is 5.69 Å². The topological polar surface area (TPSA) is 68.0 Å². The number of hydrogen-bond acceptors (Lipinski definition) is 3. The predicted molar refractivity (Wildman–Crippen MR) is 78.5 cm³/mol. The molecule has 0 saturated heterocycles. The molecule has 0 fully saturated rings. The largest absolute Gasteiger partial charge is 0.477 e. The van der Waals surface area contributed by atoms with E-state index in [4.69, 9.17) is 5.11 Å². The van der Waals surface area contributed by atoms with E-state index in [1.165, 1.54) is 11.6 Å². The number of benzene rings is 1. The van der Waals surface area contributed by atoms with E-state index in [1.807, 2.05) is 37.4 Å². The summed E-state index contributed by atoms with van der Waals surface area (Å²) in [6.07, 6.45) is 3.51. The quantitative estimate of drug-likeness (QED) is 0.800. The molecule has 5 heteroatoms. The van der Waals surface area contributed by atoms with Crippen LogP contribution in [0.2, 0.25) is 0 Å². The summed E-state index contributed by atoms with van der Waals surface area (Å²) in [5, 5.41) is 13.3. The Balaban J connectivity index is 1.96. The van der Waals surface area contributed by atoms with Gasteiger partial charge < -0.3 is 5.11 Å². The highest BCUT2D eigenvalue weighted by Crippen LogP contribution is 2.18. The number of carboxylic acids is 1. The van der Waals surface area contributed by atoms with E-state index in [9.17, 15) is 4.79 Å². The van der Waals surface area contributed by atoms with Gasteiger partial charge >= 0.3 is 5.97 Å². The lowest BCUT2D eigenvalue weighted by atomic mass is 10.2. The second kappa shape index (κ2) is 5.20. The van der Waals surface area contributed by atoms with Crippen LogP contribution in [0.4, 0.5) is 0 Å². The highest BCUT2D eigenvalue weighted by Gasteiger charge is 2.08. The number of aromatic carboxylic acids is 1. The molecule has 0 unspecified atom stereocenters. The third-order valence-electron chi connectivity index (χ3n) is 3.15. The summed E-state index contributed by atoms with van der Waals surface area (Å²) in [6.45, 7) is 2.03. The molecule has 21 heavy (non-hydrogen) atoms. The van der Waals surface area contributed by atoms with E-state index < -0.39 is 5.97 Å². The van der Waals surface area contributed by atoms with Crippen LogP contribution in [-0.2, 0) is 0 Å². The van der Waals surface area contributed by atoms with Crippen molar-refractivity contribution in [1.29, 1.82) is 0 Å². The summed E-state index contributed by atoms with van der Waals surface area (Å²) in [5.74, 6) is -1.04. The first-order valence-electron chi connectivity index (χ1n) is 6.46. The Kier molecular flexibility index (Phi) is 3.23. The van der Waals surface area contributed by atoms with Gasteiger partial charge in [0.2, 0.25) is 0 Å². The fourth-order valence-electron chi connectivity index (χ4n) is 2.01. The van der Waals surface area contributed by atoms with Crippen LogP contribution >= 0.6 is 0 Å². The van der Waals surface area contributed by atoms with Gasteiger partial charge in [0.25, 0.3) is 0 Å². The summed E-state index contributed by atoms with van der Waals surface area (Å²) in [5.41, 5.74) is 3.52. The Morgan fingerprint density at radius 2 is 1.90 bits per heavy atom. The van der Waals surface area contributed by atoms with Crippen molar-refractivity contribution in [1.82, 2.24) is 14.8 Å². The molecule has 0 aliphatic rings. The fraction of sp³-hybridized carbons (Fsp3) is 0.0625. The van der Waals surface area contributed by atoms with E-state index in [2.05, 4.69) is 10.1 Å². The van der Waals surface area contributed by atoms with Gasteiger partial charge in [-0.2, -0.15) is 5.10 Å². The molecule has 1 aromatic carbocycles. The smallest absolute Gasteiger partial charge is 0.354 e. The molecule has 2 aromatic heterocycles. The zero-order valence-corrected chi connectivity index (χ0v) is 11.4. The lowest BCUT2D eigenvalue weighted by molar-refractivity contribution is 0.0690. The Labute approximate surface area is 121 Å². The van der Waals surface area contributed by atoms with Crippen LogP contribution in [0.3, 0.4) is 0 Å². The van der Waals surface area contributed by atoms with Crippen molar-refractivity contribution < 1.29 is 9.90 Å². The van der Waals surface area contributed by atoms with Crippen molar-refractivity contribution >= 4 is 5.97 Å². The van der Waals surface area contributed by atoms with Gasteiger partial charge in [-0.25, -0.2) is 14.5 Å². The van der Waals surface area contributed by atoms with Crippen molar-refractivity contribution in [2.75, 3.05) is 0 Å². The fourth-order valence-corrected chi connectivity index (χ4v) is 2.01. The van der Waals surface area contributed by atoms with Gasteiger partial charge in [-0.3, -0.25) is 0 Å². The monoisotopic (exact) mass is 279 g/mol. The Hall–Kier alpha value is -2.95. The summed E-state index contributed by atoms with van der Waals surface area (Å²) >= 11 is 0. The van der Waals surface area contributed by atoms with Gasteiger partial charge in [-0.05, 0) is 31.2 Å². The Bertz CT molecular complexity index is 791. The number of carbonyl (C=O) groups is 1. The molecule has 0 spiro atoms. The first-order valence-corrected chi connectivity index (χ1v) is 6.46. The number of carboxylic acid groups (broad SMARTS) is 1. The molecular weight excluding hydrogens is 266 g/mol. The molecule has 2 heterocycles.